The van der Waals surface area contributed by atoms with E-state index in [9.17, 15) is 4.79 Å². The third-order valence-corrected chi connectivity index (χ3v) is 4.25. The van der Waals surface area contributed by atoms with Gasteiger partial charge in [0, 0.05) is 25.2 Å². The number of amides is 1. The maximum absolute atomic E-state index is 11.7. The Morgan fingerprint density at radius 3 is 3.15 bits per heavy atom. The molecule has 0 bridgehead atoms. The first-order valence-corrected chi connectivity index (χ1v) is 8.04. The van der Waals surface area contributed by atoms with Crippen molar-refractivity contribution in [2.45, 2.75) is 57.7 Å². The third-order valence-electron chi connectivity index (χ3n) is 4.25. The molecule has 1 amide bonds. The van der Waals surface area contributed by atoms with Gasteiger partial charge in [-0.05, 0) is 32.7 Å². The van der Waals surface area contributed by atoms with Crippen molar-refractivity contribution in [1.82, 2.24) is 15.5 Å². The molecule has 116 valence electrons. The molecule has 0 aromatic heterocycles. The highest BCUT2D eigenvalue weighted by molar-refractivity contribution is 5.78. The summed E-state index contributed by atoms with van der Waals surface area (Å²) in [4.78, 5) is 14.3. The predicted octanol–water partition coefficient (Wildman–Crippen LogP) is 0.744. The minimum absolute atomic E-state index is 0.0841. The minimum Gasteiger partial charge on any atom is -0.374 e. The van der Waals surface area contributed by atoms with Crippen molar-refractivity contribution >= 4 is 5.91 Å². The summed E-state index contributed by atoms with van der Waals surface area (Å²) in [5.41, 5.74) is 0. The van der Waals surface area contributed by atoms with Crippen molar-refractivity contribution in [1.29, 1.82) is 0 Å². The SMILES string of the molecule is CCCC(C)NC(=O)CNCC1CN2CCCC2CO1. The lowest BCUT2D eigenvalue weighted by Crippen LogP contribution is -2.50. The highest BCUT2D eigenvalue weighted by atomic mass is 16.5. The normalized spacial score (nSPS) is 28.1. The van der Waals surface area contributed by atoms with Crippen LogP contribution < -0.4 is 10.6 Å². The van der Waals surface area contributed by atoms with Crippen molar-refractivity contribution in [3.05, 3.63) is 0 Å². The Kier molecular flexibility index (Phi) is 6.26. The van der Waals surface area contributed by atoms with E-state index in [1.807, 2.05) is 0 Å². The lowest BCUT2D eigenvalue weighted by Gasteiger charge is -2.35. The number of carbonyl (C=O) groups excluding carboxylic acids is 1. The zero-order valence-corrected chi connectivity index (χ0v) is 12.9. The van der Waals surface area contributed by atoms with Gasteiger partial charge in [-0.3, -0.25) is 9.69 Å². The van der Waals surface area contributed by atoms with Crippen molar-refractivity contribution < 1.29 is 9.53 Å². The zero-order chi connectivity index (χ0) is 14.4. The summed E-state index contributed by atoms with van der Waals surface area (Å²) in [7, 11) is 0. The monoisotopic (exact) mass is 283 g/mol. The maximum atomic E-state index is 11.7. The molecule has 2 fully saturated rings. The van der Waals surface area contributed by atoms with Crippen LogP contribution in [0.2, 0.25) is 0 Å². The van der Waals surface area contributed by atoms with Crippen LogP contribution in [0.4, 0.5) is 0 Å². The van der Waals surface area contributed by atoms with Gasteiger partial charge in [0.05, 0.1) is 19.3 Å². The standard InChI is InChI=1S/C15H29N3O2/c1-3-5-12(2)17-15(19)9-16-8-14-10-18-7-4-6-13(18)11-20-14/h12-14,16H,3-11H2,1-2H3,(H,17,19). The van der Waals surface area contributed by atoms with Gasteiger partial charge in [0.25, 0.3) is 0 Å². The van der Waals surface area contributed by atoms with E-state index in [0.29, 0.717) is 12.6 Å². The lowest BCUT2D eigenvalue weighted by molar-refractivity contribution is -0.121. The van der Waals surface area contributed by atoms with Gasteiger partial charge in [0.1, 0.15) is 0 Å². The number of rotatable bonds is 7. The van der Waals surface area contributed by atoms with Crippen LogP contribution in [-0.4, -0.2) is 61.8 Å². The average molecular weight is 283 g/mol. The van der Waals surface area contributed by atoms with Gasteiger partial charge in [-0.1, -0.05) is 13.3 Å². The van der Waals surface area contributed by atoms with E-state index in [1.165, 1.54) is 19.4 Å². The Morgan fingerprint density at radius 1 is 1.50 bits per heavy atom. The number of fused-ring (bicyclic) bond motifs is 1. The highest BCUT2D eigenvalue weighted by Gasteiger charge is 2.31. The molecule has 2 heterocycles. The van der Waals surface area contributed by atoms with Gasteiger partial charge >= 0.3 is 0 Å². The quantitative estimate of drug-likeness (QED) is 0.724. The van der Waals surface area contributed by atoms with Crippen LogP contribution in [0.1, 0.15) is 39.5 Å². The van der Waals surface area contributed by atoms with Crippen LogP contribution >= 0.6 is 0 Å². The second-order valence-electron chi connectivity index (χ2n) is 6.13. The number of morpholine rings is 1. The third kappa shape index (κ3) is 4.72. The molecule has 20 heavy (non-hydrogen) atoms. The maximum Gasteiger partial charge on any atom is 0.234 e. The van der Waals surface area contributed by atoms with Gasteiger partial charge in [0.2, 0.25) is 5.91 Å². The first-order chi connectivity index (χ1) is 9.69. The number of hydrogen-bond acceptors (Lipinski definition) is 4. The van der Waals surface area contributed by atoms with Crippen molar-refractivity contribution in [3.63, 3.8) is 0 Å². The van der Waals surface area contributed by atoms with Crippen LogP contribution in [0.5, 0.6) is 0 Å². The van der Waals surface area contributed by atoms with Crippen molar-refractivity contribution in [3.8, 4) is 0 Å². The topological polar surface area (TPSA) is 53.6 Å². The Labute approximate surface area is 122 Å². The summed E-state index contributed by atoms with van der Waals surface area (Å²) in [6, 6.07) is 0.912. The van der Waals surface area contributed by atoms with Crippen LogP contribution in [-0.2, 0) is 9.53 Å². The largest absolute Gasteiger partial charge is 0.374 e. The molecular weight excluding hydrogens is 254 g/mol. The molecule has 3 unspecified atom stereocenters. The molecule has 0 radical (unpaired) electrons. The highest BCUT2D eigenvalue weighted by Crippen LogP contribution is 2.22. The van der Waals surface area contributed by atoms with Gasteiger partial charge in [-0.25, -0.2) is 0 Å². The number of nitrogens with zero attached hydrogens (tertiary/aromatic N) is 1. The van der Waals surface area contributed by atoms with E-state index < -0.39 is 0 Å². The van der Waals surface area contributed by atoms with Gasteiger partial charge in [-0.15, -0.1) is 0 Å². The Morgan fingerprint density at radius 2 is 2.35 bits per heavy atom. The van der Waals surface area contributed by atoms with Gasteiger partial charge in [-0.2, -0.15) is 0 Å². The van der Waals surface area contributed by atoms with E-state index in [1.54, 1.807) is 0 Å². The van der Waals surface area contributed by atoms with E-state index in [4.69, 9.17) is 4.74 Å². The zero-order valence-electron chi connectivity index (χ0n) is 12.9. The Hall–Kier alpha value is -0.650. The minimum atomic E-state index is 0.0841. The smallest absolute Gasteiger partial charge is 0.234 e. The summed E-state index contributed by atoms with van der Waals surface area (Å²) in [5.74, 6) is 0.0841. The van der Waals surface area contributed by atoms with Crippen LogP contribution in [0, 0.1) is 0 Å². The Bertz CT molecular complexity index is 311. The molecule has 0 aromatic rings. The van der Waals surface area contributed by atoms with Crippen LogP contribution in [0.3, 0.4) is 0 Å². The number of hydrogen-bond donors (Lipinski definition) is 2. The molecule has 2 saturated heterocycles. The van der Waals surface area contributed by atoms with E-state index in [-0.39, 0.29) is 18.1 Å². The molecule has 2 N–H and O–H groups in total. The Balaban J connectivity index is 1.57. The average Bonchev–Trinajstić information content (AvgIpc) is 2.86. The molecule has 5 heteroatoms. The van der Waals surface area contributed by atoms with E-state index in [2.05, 4.69) is 29.4 Å². The molecule has 2 rings (SSSR count). The van der Waals surface area contributed by atoms with Crippen molar-refractivity contribution in [2.24, 2.45) is 0 Å². The summed E-state index contributed by atoms with van der Waals surface area (Å²) in [6.07, 6.45) is 4.93. The summed E-state index contributed by atoms with van der Waals surface area (Å²) >= 11 is 0. The lowest BCUT2D eigenvalue weighted by atomic mass is 10.2. The molecular formula is C15H29N3O2. The second kappa shape index (κ2) is 7.96. The van der Waals surface area contributed by atoms with Crippen LogP contribution in [0.25, 0.3) is 0 Å². The number of ether oxygens (including phenoxy) is 1. The molecule has 2 aliphatic rings. The fourth-order valence-electron chi connectivity index (χ4n) is 3.19. The van der Waals surface area contributed by atoms with Gasteiger partial charge < -0.3 is 15.4 Å². The fraction of sp³-hybridized carbons (Fsp3) is 0.933. The number of nitrogens with one attached hydrogen (secondary N) is 2. The molecule has 0 saturated carbocycles. The summed E-state index contributed by atoms with van der Waals surface area (Å²) < 4.78 is 5.86. The first kappa shape index (κ1) is 15.7. The van der Waals surface area contributed by atoms with E-state index >= 15 is 0 Å². The molecule has 0 aromatic carbocycles. The summed E-state index contributed by atoms with van der Waals surface area (Å²) in [6.45, 7) is 8.40. The summed E-state index contributed by atoms with van der Waals surface area (Å²) in [5, 5.41) is 6.22. The predicted molar refractivity (Wildman–Crippen MR) is 79.7 cm³/mol. The number of carbonyl (C=O) groups is 1. The second-order valence-corrected chi connectivity index (χ2v) is 6.13. The first-order valence-electron chi connectivity index (χ1n) is 8.04. The molecule has 2 aliphatic heterocycles. The van der Waals surface area contributed by atoms with Gasteiger partial charge in [0.15, 0.2) is 0 Å². The fourth-order valence-corrected chi connectivity index (χ4v) is 3.19. The van der Waals surface area contributed by atoms with Crippen molar-refractivity contribution in [2.75, 3.05) is 32.8 Å². The molecule has 3 atom stereocenters. The molecule has 5 nitrogen and oxygen atoms in total. The van der Waals surface area contributed by atoms with E-state index in [0.717, 1.165) is 32.5 Å². The molecule has 0 aliphatic carbocycles. The molecule has 0 spiro atoms. The van der Waals surface area contributed by atoms with Crippen LogP contribution in [0.15, 0.2) is 0 Å².